The van der Waals surface area contributed by atoms with Crippen molar-refractivity contribution in [1.82, 2.24) is 9.97 Å². The molecule has 7 heteroatoms. The van der Waals surface area contributed by atoms with Crippen molar-refractivity contribution in [3.63, 3.8) is 0 Å². The van der Waals surface area contributed by atoms with E-state index in [1.54, 1.807) is 0 Å². The van der Waals surface area contributed by atoms with Crippen LogP contribution in [0, 0.1) is 0 Å². The van der Waals surface area contributed by atoms with E-state index in [1.165, 1.54) is 12.6 Å². The van der Waals surface area contributed by atoms with E-state index in [0.29, 0.717) is 5.95 Å². The molecule has 3 aromatic carbocycles. The number of rotatable bonds is 5. The van der Waals surface area contributed by atoms with E-state index >= 15 is 0 Å². The van der Waals surface area contributed by atoms with Gasteiger partial charge in [-0.1, -0.05) is 30.3 Å². The highest BCUT2D eigenvalue weighted by atomic mass is 16.5. The summed E-state index contributed by atoms with van der Waals surface area (Å²) in [5, 5.41) is 7.11. The van der Waals surface area contributed by atoms with Crippen molar-refractivity contribution in [1.29, 1.82) is 0 Å². The van der Waals surface area contributed by atoms with Crippen molar-refractivity contribution in [2.75, 3.05) is 41.8 Å². The van der Waals surface area contributed by atoms with Crippen LogP contribution in [0.15, 0.2) is 72.9 Å². The van der Waals surface area contributed by atoms with Gasteiger partial charge < -0.3 is 20.3 Å². The second kappa shape index (κ2) is 9.26. The molecule has 1 aromatic heterocycles. The van der Waals surface area contributed by atoms with E-state index in [0.717, 1.165) is 59.7 Å². The van der Waals surface area contributed by atoms with Crippen molar-refractivity contribution >= 4 is 39.8 Å². The number of aromatic nitrogens is 2. The number of hydrogen-bond donors (Lipinski definition) is 2. The Morgan fingerprint density at radius 2 is 1.76 bits per heavy atom. The normalized spacial score (nSPS) is 13.7. The predicted molar refractivity (Wildman–Crippen MR) is 132 cm³/mol. The third-order valence-corrected chi connectivity index (χ3v) is 5.60. The summed E-state index contributed by atoms with van der Waals surface area (Å²) in [6.07, 6.45) is 1.83. The Labute approximate surface area is 192 Å². The van der Waals surface area contributed by atoms with Crippen LogP contribution in [0.2, 0.25) is 0 Å². The molecular formula is C26H25N5O2. The number of benzene rings is 3. The molecule has 0 unspecified atom stereocenters. The molecule has 7 nitrogen and oxygen atoms in total. The SMILES string of the molecule is CC(=O)Nc1cccc(-c2cccc3cnc(Nc4ccc(N5CCOCC5)cc4)nc23)c1. The van der Waals surface area contributed by atoms with Gasteiger partial charge in [-0.2, -0.15) is 0 Å². The molecule has 0 radical (unpaired) electrons. The number of anilines is 4. The van der Waals surface area contributed by atoms with E-state index in [-0.39, 0.29) is 5.91 Å². The van der Waals surface area contributed by atoms with Gasteiger partial charge in [0.1, 0.15) is 0 Å². The fourth-order valence-corrected chi connectivity index (χ4v) is 4.02. The van der Waals surface area contributed by atoms with E-state index < -0.39 is 0 Å². The maximum atomic E-state index is 11.5. The zero-order chi connectivity index (χ0) is 22.6. The average molecular weight is 440 g/mol. The lowest BCUT2D eigenvalue weighted by Crippen LogP contribution is -2.36. The van der Waals surface area contributed by atoms with Gasteiger partial charge in [0, 0.05) is 54.2 Å². The fraction of sp³-hybridized carbons (Fsp3) is 0.192. The molecule has 166 valence electrons. The highest BCUT2D eigenvalue weighted by Crippen LogP contribution is 2.30. The van der Waals surface area contributed by atoms with Crippen LogP contribution in [0.25, 0.3) is 22.0 Å². The summed E-state index contributed by atoms with van der Waals surface area (Å²) in [6, 6.07) is 22.1. The minimum atomic E-state index is -0.0986. The second-order valence-electron chi connectivity index (χ2n) is 7.97. The van der Waals surface area contributed by atoms with Crippen molar-refractivity contribution in [3.8, 4) is 11.1 Å². The molecule has 4 aromatic rings. The van der Waals surface area contributed by atoms with Crippen LogP contribution in [0.1, 0.15) is 6.92 Å². The molecule has 0 spiro atoms. The van der Waals surface area contributed by atoms with Crippen LogP contribution in [-0.4, -0.2) is 42.2 Å². The molecule has 1 saturated heterocycles. The molecule has 2 heterocycles. The Bertz CT molecular complexity index is 1280. The molecule has 33 heavy (non-hydrogen) atoms. The van der Waals surface area contributed by atoms with Gasteiger partial charge in [-0.3, -0.25) is 4.79 Å². The molecule has 0 aliphatic carbocycles. The average Bonchev–Trinajstić information content (AvgIpc) is 2.84. The van der Waals surface area contributed by atoms with E-state index in [2.05, 4.69) is 32.7 Å². The lowest BCUT2D eigenvalue weighted by Gasteiger charge is -2.28. The summed E-state index contributed by atoms with van der Waals surface area (Å²) in [5.41, 5.74) is 5.67. The molecule has 1 fully saturated rings. The lowest BCUT2D eigenvalue weighted by molar-refractivity contribution is -0.114. The monoisotopic (exact) mass is 439 g/mol. The molecule has 1 aliphatic heterocycles. The molecule has 1 aliphatic rings. The van der Waals surface area contributed by atoms with E-state index in [9.17, 15) is 4.79 Å². The van der Waals surface area contributed by atoms with Crippen molar-refractivity contribution < 1.29 is 9.53 Å². The van der Waals surface area contributed by atoms with Crippen LogP contribution >= 0.6 is 0 Å². The summed E-state index contributed by atoms with van der Waals surface area (Å²) in [5.74, 6) is 0.436. The van der Waals surface area contributed by atoms with Gasteiger partial charge in [0.15, 0.2) is 0 Å². The summed E-state index contributed by atoms with van der Waals surface area (Å²) in [4.78, 5) is 23.1. The maximum Gasteiger partial charge on any atom is 0.227 e. The second-order valence-corrected chi connectivity index (χ2v) is 7.97. The standard InChI is InChI=1S/C26H25N5O2/c1-18(32)28-22-6-2-4-19(16-22)24-7-3-5-20-17-27-26(30-25(20)24)29-21-8-10-23(11-9-21)31-12-14-33-15-13-31/h2-11,16-17H,12-15H2,1H3,(H,28,32)(H,27,29,30). The van der Waals surface area contributed by atoms with Crippen LogP contribution in [0.4, 0.5) is 23.0 Å². The van der Waals surface area contributed by atoms with E-state index in [4.69, 9.17) is 9.72 Å². The highest BCUT2D eigenvalue weighted by molar-refractivity contribution is 5.95. The summed E-state index contributed by atoms with van der Waals surface area (Å²) in [7, 11) is 0. The number of amides is 1. The van der Waals surface area contributed by atoms with Crippen LogP contribution in [0.5, 0.6) is 0 Å². The van der Waals surface area contributed by atoms with Crippen molar-refractivity contribution in [3.05, 3.63) is 72.9 Å². The number of nitrogens with zero attached hydrogens (tertiary/aromatic N) is 3. The number of hydrogen-bond acceptors (Lipinski definition) is 6. The molecular weight excluding hydrogens is 414 g/mol. The first-order valence-electron chi connectivity index (χ1n) is 11.0. The van der Waals surface area contributed by atoms with E-state index in [1.807, 2.05) is 60.8 Å². The first-order valence-corrected chi connectivity index (χ1v) is 11.0. The van der Waals surface area contributed by atoms with Gasteiger partial charge in [-0.15, -0.1) is 0 Å². The molecule has 0 saturated carbocycles. The van der Waals surface area contributed by atoms with Crippen molar-refractivity contribution in [2.45, 2.75) is 6.92 Å². The number of para-hydroxylation sites is 1. The minimum absolute atomic E-state index is 0.0986. The van der Waals surface area contributed by atoms with Crippen LogP contribution < -0.4 is 15.5 Å². The number of nitrogens with one attached hydrogen (secondary N) is 2. The summed E-state index contributed by atoms with van der Waals surface area (Å²) >= 11 is 0. The number of morpholine rings is 1. The van der Waals surface area contributed by atoms with Crippen molar-refractivity contribution in [2.24, 2.45) is 0 Å². The molecule has 5 rings (SSSR count). The smallest absolute Gasteiger partial charge is 0.227 e. The van der Waals surface area contributed by atoms with Gasteiger partial charge in [-0.05, 0) is 42.0 Å². The quantitative estimate of drug-likeness (QED) is 0.463. The Morgan fingerprint density at radius 3 is 2.55 bits per heavy atom. The first kappa shape index (κ1) is 20.9. The third kappa shape index (κ3) is 4.78. The fourth-order valence-electron chi connectivity index (χ4n) is 4.02. The predicted octanol–water partition coefficient (Wildman–Crippen LogP) is 4.84. The summed E-state index contributed by atoms with van der Waals surface area (Å²) in [6.45, 7) is 4.85. The molecule has 0 bridgehead atoms. The largest absolute Gasteiger partial charge is 0.378 e. The number of fused-ring (bicyclic) bond motifs is 1. The molecule has 2 N–H and O–H groups in total. The Balaban J connectivity index is 1.42. The van der Waals surface area contributed by atoms with Crippen LogP contribution in [-0.2, 0) is 9.53 Å². The Hall–Kier alpha value is -3.97. The number of ether oxygens (including phenoxy) is 1. The minimum Gasteiger partial charge on any atom is -0.378 e. The molecule has 1 amide bonds. The Kier molecular flexibility index (Phi) is 5.87. The van der Waals surface area contributed by atoms with Gasteiger partial charge in [-0.25, -0.2) is 9.97 Å². The zero-order valence-corrected chi connectivity index (χ0v) is 18.4. The third-order valence-electron chi connectivity index (χ3n) is 5.60. The van der Waals surface area contributed by atoms with Gasteiger partial charge in [0.2, 0.25) is 11.9 Å². The molecule has 0 atom stereocenters. The number of carbonyl (C=O) groups is 1. The van der Waals surface area contributed by atoms with Gasteiger partial charge in [0.25, 0.3) is 0 Å². The topological polar surface area (TPSA) is 79.4 Å². The van der Waals surface area contributed by atoms with Crippen LogP contribution in [0.3, 0.4) is 0 Å². The first-order chi connectivity index (χ1) is 16.2. The Morgan fingerprint density at radius 1 is 0.970 bits per heavy atom. The lowest BCUT2D eigenvalue weighted by atomic mass is 10.0. The van der Waals surface area contributed by atoms with Gasteiger partial charge in [0.05, 0.1) is 18.7 Å². The number of carbonyl (C=O) groups excluding carboxylic acids is 1. The summed E-state index contributed by atoms with van der Waals surface area (Å²) < 4.78 is 5.43. The zero-order valence-electron chi connectivity index (χ0n) is 18.4. The van der Waals surface area contributed by atoms with Gasteiger partial charge >= 0.3 is 0 Å². The maximum absolute atomic E-state index is 11.5. The highest BCUT2D eigenvalue weighted by Gasteiger charge is 2.12.